The largest absolute Gasteiger partial charge is 0.483 e. The highest BCUT2D eigenvalue weighted by atomic mass is 35.5. The van der Waals surface area contributed by atoms with Crippen LogP contribution < -0.4 is 9.47 Å². The van der Waals surface area contributed by atoms with Gasteiger partial charge in [-0.3, -0.25) is 4.79 Å². The van der Waals surface area contributed by atoms with Crippen molar-refractivity contribution in [2.24, 2.45) is 0 Å². The van der Waals surface area contributed by atoms with Crippen LogP contribution in [0.25, 0.3) is 0 Å². The molecule has 0 saturated carbocycles. The van der Waals surface area contributed by atoms with E-state index in [2.05, 4.69) is 4.98 Å². The summed E-state index contributed by atoms with van der Waals surface area (Å²) in [5, 5.41) is -0.00782. The molecule has 176 valence electrons. The fourth-order valence-electron chi connectivity index (χ4n) is 3.62. The zero-order valence-electron chi connectivity index (χ0n) is 17.8. The fraction of sp³-hybridized carbons (Fsp3) is 0.208. The number of pyridine rings is 1. The second-order valence-corrected chi connectivity index (χ2v) is 8.00. The molecule has 2 heterocycles. The Morgan fingerprint density at radius 1 is 1.18 bits per heavy atom. The Morgan fingerprint density at radius 2 is 1.91 bits per heavy atom. The van der Waals surface area contributed by atoms with E-state index < -0.39 is 24.8 Å². The number of rotatable bonds is 6. The van der Waals surface area contributed by atoms with E-state index in [1.165, 1.54) is 29.3 Å². The zero-order valence-corrected chi connectivity index (χ0v) is 18.6. The predicted octanol–water partition coefficient (Wildman–Crippen LogP) is 5.61. The number of fused-ring (bicyclic) bond motifs is 1. The number of benzene rings is 2. The van der Waals surface area contributed by atoms with Crippen molar-refractivity contribution in [3.8, 4) is 11.5 Å². The van der Waals surface area contributed by atoms with Crippen LogP contribution in [0.1, 0.15) is 44.9 Å². The SMILES string of the molecule is CC(c1ccc(OCC(F)(F)F)c(Cl)c1)N1Cc2c(ccnc2C(=O)Oc2ccccc2)C1=O. The lowest BCUT2D eigenvalue weighted by molar-refractivity contribution is -0.153. The van der Waals surface area contributed by atoms with E-state index in [1.807, 2.05) is 0 Å². The smallest absolute Gasteiger partial charge is 0.422 e. The van der Waals surface area contributed by atoms with Crippen LogP contribution in [0.5, 0.6) is 11.5 Å². The van der Waals surface area contributed by atoms with E-state index in [1.54, 1.807) is 43.3 Å². The molecule has 3 aromatic rings. The fourth-order valence-corrected chi connectivity index (χ4v) is 3.86. The lowest BCUT2D eigenvalue weighted by Gasteiger charge is -2.25. The Kier molecular flexibility index (Phi) is 6.47. The van der Waals surface area contributed by atoms with Crippen LogP contribution >= 0.6 is 11.6 Å². The molecule has 0 spiro atoms. The summed E-state index contributed by atoms with van der Waals surface area (Å²) in [6.45, 7) is 0.393. The van der Waals surface area contributed by atoms with Crippen molar-refractivity contribution in [1.29, 1.82) is 0 Å². The van der Waals surface area contributed by atoms with Gasteiger partial charge in [0.2, 0.25) is 0 Å². The van der Waals surface area contributed by atoms with Crippen LogP contribution in [0.4, 0.5) is 13.2 Å². The van der Waals surface area contributed by atoms with E-state index in [-0.39, 0.29) is 28.9 Å². The van der Waals surface area contributed by atoms with Gasteiger partial charge in [-0.1, -0.05) is 35.9 Å². The number of alkyl halides is 3. The van der Waals surface area contributed by atoms with Crippen LogP contribution in [0.3, 0.4) is 0 Å². The first-order valence-electron chi connectivity index (χ1n) is 10.2. The average Bonchev–Trinajstić information content (AvgIpc) is 3.14. The van der Waals surface area contributed by atoms with Crippen molar-refractivity contribution in [3.63, 3.8) is 0 Å². The van der Waals surface area contributed by atoms with E-state index in [9.17, 15) is 22.8 Å². The minimum absolute atomic E-state index is 0.00782. The number of hydrogen-bond donors (Lipinski definition) is 0. The zero-order chi connectivity index (χ0) is 24.5. The van der Waals surface area contributed by atoms with Gasteiger partial charge in [-0.15, -0.1) is 0 Å². The van der Waals surface area contributed by atoms with Gasteiger partial charge >= 0.3 is 12.1 Å². The molecular formula is C24H18ClF3N2O4. The Labute approximate surface area is 197 Å². The summed E-state index contributed by atoms with van der Waals surface area (Å²) in [7, 11) is 0. The minimum atomic E-state index is -4.49. The van der Waals surface area contributed by atoms with Crippen molar-refractivity contribution in [1.82, 2.24) is 9.88 Å². The molecule has 1 aliphatic rings. The topological polar surface area (TPSA) is 68.7 Å². The van der Waals surface area contributed by atoms with Crippen molar-refractivity contribution in [2.45, 2.75) is 25.7 Å². The molecule has 0 saturated heterocycles. The third-order valence-corrected chi connectivity index (χ3v) is 5.62. The number of ether oxygens (including phenoxy) is 2. The van der Waals surface area contributed by atoms with Gasteiger partial charge in [-0.05, 0) is 42.8 Å². The van der Waals surface area contributed by atoms with Crippen LogP contribution in [-0.2, 0) is 6.54 Å². The lowest BCUT2D eigenvalue weighted by atomic mass is 10.1. The van der Waals surface area contributed by atoms with E-state index >= 15 is 0 Å². The first-order valence-corrected chi connectivity index (χ1v) is 10.6. The van der Waals surface area contributed by atoms with Gasteiger partial charge < -0.3 is 14.4 Å². The molecule has 0 fully saturated rings. The van der Waals surface area contributed by atoms with Gasteiger partial charge in [0.1, 0.15) is 11.5 Å². The van der Waals surface area contributed by atoms with Gasteiger partial charge in [0, 0.05) is 23.9 Å². The lowest BCUT2D eigenvalue weighted by Crippen LogP contribution is -2.27. The molecule has 1 atom stereocenters. The number of aromatic nitrogens is 1. The first-order chi connectivity index (χ1) is 16.1. The third-order valence-electron chi connectivity index (χ3n) is 5.32. The number of hydrogen-bond acceptors (Lipinski definition) is 5. The third kappa shape index (κ3) is 4.99. The molecule has 1 unspecified atom stereocenters. The predicted molar refractivity (Wildman–Crippen MR) is 117 cm³/mol. The van der Waals surface area contributed by atoms with Gasteiger partial charge in [0.15, 0.2) is 12.3 Å². The number of carbonyl (C=O) groups excluding carboxylic acids is 2. The molecule has 1 aliphatic heterocycles. The molecule has 1 amide bonds. The van der Waals surface area contributed by atoms with Gasteiger partial charge in [-0.2, -0.15) is 13.2 Å². The van der Waals surface area contributed by atoms with Crippen molar-refractivity contribution >= 4 is 23.5 Å². The highest BCUT2D eigenvalue weighted by molar-refractivity contribution is 6.32. The van der Waals surface area contributed by atoms with Gasteiger partial charge in [-0.25, -0.2) is 9.78 Å². The maximum atomic E-state index is 13.1. The summed E-state index contributed by atoms with van der Waals surface area (Å²) in [6, 6.07) is 13.9. The van der Waals surface area contributed by atoms with E-state index in [0.29, 0.717) is 22.4 Å². The molecule has 10 heteroatoms. The van der Waals surface area contributed by atoms with Crippen molar-refractivity contribution in [3.05, 3.63) is 88.2 Å². The molecule has 4 rings (SSSR count). The number of nitrogens with zero attached hydrogens (tertiary/aromatic N) is 2. The Balaban J connectivity index is 1.53. The molecule has 6 nitrogen and oxygen atoms in total. The van der Waals surface area contributed by atoms with Gasteiger partial charge in [0.05, 0.1) is 11.1 Å². The standard InChI is InChI=1S/C24H18ClF3N2O4/c1-14(15-7-8-20(19(25)11-15)33-13-24(26,27)28)30-12-18-17(22(30)31)9-10-29-21(18)23(32)34-16-5-3-2-4-6-16/h2-11,14H,12-13H2,1H3. The molecule has 0 N–H and O–H groups in total. The Morgan fingerprint density at radius 3 is 2.59 bits per heavy atom. The first kappa shape index (κ1) is 23.6. The molecular weight excluding hydrogens is 473 g/mol. The van der Waals surface area contributed by atoms with Crippen LogP contribution in [0, 0.1) is 0 Å². The Hall–Kier alpha value is -3.59. The second-order valence-electron chi connectivity index (χ2n) is 7.59. The molecule has 0 radical (unpaired) electrons. The molecule has 1 aromatic heterocycles. The molecule has 34 heavy (non-hydrogen) atoms. The maximum absolute atomic E-state index is 13.1. The summed E-state index contributed by atoms with van der Waals surface area (Å²) < 4.78 is 47.4. The van der Waals surface area contributed by atoms with Crippen LogP contribution in [0.15, 0.2) is 60.8 Å². The van der Waals surface area contributed by atoms with E-state index in [4.69, 9.17) is 21.1 Å². The van der Waals surface area contributed by atoms with Crippen LogP contribution in [-0.4, -0.2) is 34.5 Å². The summed E-state index contributed by atoms with van der Waals surface area (Å²) in [5.41, 5.74) is 1.40. The second kappa shape index (κ2) is 9.34. The summed E-state index contributed by atoms with van der Waals surface area (Å²) in [6.07, 6.45) is -3.12. The van der Waals surface area contributed by atoms with Crippen LogP contribution in [0.2, 0.25) is 5.02 Å². The highest BCUT2D eigenvalue weighted by Gasteiger charge is 2.35. The normalized spacial score (nSPS) is 14.0. The quantitative estimate of drug-likeness (QED) is 0.332. The number of amides is 1. The maximum Gasteiger partial charge on any atom is 0.422 e. The molecule has 0 aliphatic carbocycles. The van der Waals surface area contributed by atoms with Crippen molar-refractivity contribution < 1.29 is 32.2 Å². The Bertz CT molecular complexity index is 1230. The van der Waals surface area contributed by atoms with E-state index in [0.717, 1.165) is 0 Å². The number of esters is 1. The monoisotopic (exact) mass is 490 g/mol. The summed E-state index contributed by atoms with van der Waals surface area (Å²) in [4.78, 5) is 31.4. The van der Waals surface area contributed by atoms with Crippen molar-refractivity contribution in [2.75, 3.05) is 6.61 Å². The number of para-hydroxylation sites is 1. The number of carbonyl (C=O) groups is 2. The molecule has 2 aromatic carbocycles. The van der Waals surface area contributed by atoms with Gasteiger partial charge in [0.25, 0.3) is 5.91 Å². The minimum Gasteiger partial charge on any atom is -0.483 e. The summed E-state index contributed by atoms with van der Waals surface area (Å²) in [5.74, 6) is -0.753. The highest BCUT2D eigenvalue weighted by Crippen LogP contribution is 2.35. The summed E-state index contributed by atoms with van der Waals surface area (Å²) >= 11 is 6.11. The number of halogens is 4. The molecule has 0 bridgehead atoms. The average molecular weight is 491 g/mol.